The first-order valence-corrected chi connectivity index (χ1v) is 24.7. The number of likely N-dealkylation sites (tertiary alicyclic amines) is 1. The number of aliphatic hydroxyl groups is 1. The molecule has 1 aliphatic rings. The molecule has 14 nitrogen and oxygen atoms in total. The lowest BCUT2D eigenvalue weighted by molar-refractivity contribution is -0.144. The molecule has 3 atom stereocenters. The SMILES string of the molecule is Cc1ncsc1-c1ccc(CNC(=O)[C@@H]2C[C@@H](O)CN2C(=O)[C@@H](NC(=O)COc2cccc(Oc3ccc(-c4ccc(N(C=S)C(C)(C)C(=O)Nc5ccc(C#N)c(C(F)(F)F)c5)cc4)cc3)c2)C(C)(C)C)cc1. The summed E-state index contributed by atoms with van der Waals surface area (Å²) in [6, 6.07) is 31.4. The highest BCUT2D eigenvalue weighted by molar-refractivity contribution is 7.79. The molecule has 0 aliphatic carbocycles. The lowest BCUT2D eigenvalue weighted by Crippen LogP contribution is -2.58. The van der Waals surface area contributed by atoms with Crippen molar-refractivity contribution < 1.29 is 46.9 Å². The van der Waals surface area contributed by atoms with E-state index in [0.29, 0.717) is 22.9 Å². The number of carbonyl (C=O) groups is 4. The smallest absolute Gasteiger partial charge is 0.417 e. The number of aryl methyl sites for hydroxylation is 1. The van der Waals surface area contributed by atoms with Gasteiger partial charge in [0.1, 0.15) is 34.9 Å². The molecule has 5 aromatic carbocycles. The Labute approximate surface area is 436 Å². The summed E-state index contributed by atoms with van der Waals surface area (Å²) in [7, 11) is 0. The number of halogens is 3. The Hall–Kier alpha value is -7.66. The van der Waals surface area contributed by atoms with Crippen LogP contribution in [0.25, 0.3) is 21.6 Å². The van der Waals surface area contributed by atoms with Gasteiger partial charge in [-0.25, -0.2) is 4.98 Å². The van der Waals surface area contributed by atoms with Crippen molar-refractivity contribution in [1.29, 1.82) is 5.26 Å². The Kier molecular flexibility index (Phi) is 16.5. The number of hydrogen-bond donors (Lipinski definition) is 4. The number of thiazole rings is 1. The van der Waals surface area contributed by atoms with Crippen molar-refractivity contribution in [3.63, 3.8) is 0 Å². The van der Waals surface area contributed by atoms with Gasteiger partial charge in [0.05, 0.1) is 44.9 Å². The number of nitrogens with zero attached hydrogens (tertiary/aromatic N) is 4. The van der Waals surface area contributed by atoms with Crippen LogP contribution in [-0.2, 0) is 31.9 Å². The van der Waals surface area contributed by atoms with E-state index in [-0.39, 0.29) is 25.2 Å². The zero-order chi connectivity index (χ0) is 53.5. The van der Waals surface area contributed by atoms with Crippen LogP contribution < -0.4 is 30.3 Å². The summed E-state index contributed by atoms with van der Waals surface area (Å²) in [4.78, 5) is 62.7. The Morgan fingerprint density at radius 1 is 0.905 bits per heavy atom. The van der Waals surface area contributed by atoms with Gasteiger partial charge in [0, 0.05) is 37.0 Å². The second-order valence-electron chi connectivity index (χ2n) is 19.2. The number of ether oxygens (including phenoxy) is 2. The Morgan fingerprint density at radius 2 is 1.55 bits per heavy atom. The molecule has 1 fully saturated rings. The number of alkyl halides is 3. The number of nitrogens with one attached hydrogen (secondary N) is 3. The highest BCUT2D eigenvalue weighted by atomic mass is 32.1. The number of nitriles is 1. The van der Waals surface area contributed by atoms with Gasteiger partial charge in [-0.3, -0.25) is 19.2 Å². The van der Waals surface area contributed by atoms with E-state index in [1.165, 1.54) is 27.4 Å². The van der Waals surface area contributed by atoms with Crippen LogP contribution in [-0.4, -0.2) is 81.0 Å². The Morgan fingerprint density at radius 3 is 2.16 bits per heavy atom. The van der Waals surface area contributed by atoms with Crippen molar-refractivity contribution in [2.45, 2.75) is 84.4 Å². The van der Waals surface area contributed by atoms with E-state index in [0.717, 1.165) is 45.0 Å². The number of anilines is 2. The number of carbonyl (C=O) groups excluding carboxylic acids is 4. The highest BCUT2D eigenvalue weighted by Crippen LogP contribution is 2.36. The molecule has 1 saturated heterocycles. The van der Waals surface area contributed by atoms with E-state index in [4.69, 9.17) is 27.0 Å². The third-order valence-electron chi connectivity index (χ3n) is 12.4. The summed E-state index contributed by atoms with van der Waals surface area (Å²) in [6.45, 7) is 10.2. The summed E-state index contributed by atoms with van der Waals surface area (Å²) >= 11 is 6.83. The largest absolute Gasteiger partial charge is 0.484 e. The van der Waals surface area contributed by atoms with Gasteiger partial charge in [0.25, 0.3) is 5.91 Å². The minimum atomic E-state index is -4.79. The average molecular weight is 1050 g/mol. The molecule has 4 N–H and O–H groups in total. The number of hydrogen-bond acceptors (Lipinski definition) is 11. The maximum absolute atomic E-state index is 14.1. The molecule has 2 heterocycles. The predicted molar refractivity (Wildman–Crippen MR) is 281 cm³/mol. The molecule has 19 heteroatoms. The number of amides is 4. The van der Waals surface area contributed by atoms with Crippen LogP contribution in [0.5, 0.6) is 17.2 Å². The van der Waals surface area contributed by atoms with Gasteiger partial charge in [-0.1, -0.05) is 87.6 Å². The molecule has 7 rings (SSSR count). The third kappa shape index (κ3) is 12.9. The fourth-order valence-electron chi connectivity index (χ4n) is 8.29. The van der Waals surface area contributed by atoms with E-state index in [2.05, 4.69) is 20.9 Å². The highest BCUT2D eigenvalue weighted by Gasteiger charge is 2.45. The Bertz CT molecular complexity index is 3060. The van der Waals surface area contributed by atoms with Crippen molar-refractivity contribution in [2.75, 3.05) is 23.4 Å². The van der Waals surface area contributed by atoms with E-state index in [9.17, 15) is 37.5 Å². The maximum Gasteiger partial charge on any atom is 0.417 e. The lowest BCUT2D eigenvalue weighted by Gasteiger charge is -2.35. The fourth-order valence-corrected chi connectivity index (χ4v) is 9.49. The van der Waals surface area contributed by atoms with Crippen molar-refractivity contribution in [1.82, 2.24) is 20.5 Å². The summed E-state index contributed by atoms with van der Waals surface area (Å²) in [5, 5.41) is 28.0. The van der Waals surface area contributed by atoms with E-state index >= 15 is 0 Å². The molecule has 4 amide bonds. The van der Waals surface area contributed by atoms with Crippen molar-refractivity contribution in [3.8, 4) is 44.9 Å². The third-order valence-corrected chi connectivity index (χ3v) is 13.6. The minimum absolute atomic E-state index is 0.0551. The molecule has 1 aliphatic heterocycles. The lowest BCUT2D eigenvalue weighted by atomic mass is 9.85. The second kappa shape index (κ2) is 22.6. The number of rotatable bonds is 17. The number of benzene rings is 5. The number of aliphatic hydroxyl groups excluding tert-OH is 1. The van der Waals surface area contributed by atoms with Gasteiger partial charge < -0.3 is 40.3 Å². The molecular weight excluding hydrogens is 992 g/mol. The molecular formula is C55H54F3N7O7S2. The van der Waals surface area contributed by atoms with Crippen molar-refractivity contribution in [3.05, 3.63) is 143 Å². The van der Waals surface area contributed by atoms with Crippen LogP contribution >= 0.6 is 23.6 Å². The van der Waals surface area contributed by atoms with Crippen molar-refractivity contribution in [2.24, 2.45) is 5.41 Å². The van der Waals surface area contributed by atoms with E-state index in [1.807, 2.05) is 55.5 Å². The van der Waals surface area contributed by atoms with Gasteiger partial charge in [-0.15, -0.1) is 11.3 Å². The van der Waals surface area contributed by atoms with Crippen LogP contribution in [0, 0.1) is 23.7 Å². The predicted octanol–water partition coefficient (Wildman–Crippen LogP) is 9.84. The van der Waals surface area contributed by atoms with Crippen LogP contribution in [0.2, 0.25) is 0 Å². The van der Waals surface area contributed by atoms with Gasteiger partial charge in [0.15, 0.2) is 6.61 Å². The molecule has 384 valence electrons. The first-order chi connectivity index (χ1) is 35.0. The van der Waals surface area contributed by atoms with Gasteiger partial charge in [-0.05, 0) is 103 Å². The number of aromatic nitrogens is 1. The van der Waals surface area contributed by atoms with E-state index < -0.39 is 76.7 Å². The first-order valence-electron chi connectivity index (χ1n) is 23.4. The van der Waals surface area contributed by atoms with Crippen LogP contribution in [0.15, 0.2) is 121 Å². The van der Waals surface area contributed by atoms with Crippen LogP contribution in [0.4, 0.5) is 24.5 Å². The zero-order valence-corrected chi connectivity index (χ0v) is 43.0. The second-order valence-corrected chi connectivity index (χ2v) is 20.3. The van der Waals surface area contributed by atoms with Crippen LogP contribution in [0.3, 0.4) is 0 Å². The summed E-state index contributed by atoms with van der Waals surface area (Å²) in [6.07, 6.45) is -5.65. The molecule has 0 bridgehead atoms. The molecule has 0 saturated carbocycles. The van der Waals surface area contributed by atoms with E-state index in [1.54, 1.807) is 100.0 Å². The van der Waals surface area contributed by atoms with Gasteiger partial charge >= 0.3 is 6.18 Å². The summed E-state index contributed by atoms with van der Waals surface area (Å²) in [5.41, 5.74) is 4.18. The van der Waals surface area contributed by atoms with Crippen molar-refractivity contribution >= 4 is 64.0 Å². The first kappa shape index (κ1) is 54.1. The molecule has 1 aromatic heterocycles. The van der Waals surface area contributed by atoms with Gasteiger partial charge in [-0.2, -0.15) is 18.4 Å². The maximum atomic E-state index is 14.1. The normalized spacial score (nSPS) is 15.1. The monoisotopic (exact) mass is 1050 g/mol. The summed E-state index contributed by atoms with van der Waals surface area (Å²) in [5.74, 6) is -0.843. The zero-order valence-electron chi connectivity index (χ0n) is 41.3. The molecule has 0 radical (unpaired) electrons. The molecule has 6 aromatic rings. The number of thiocarbonyl (C=S) groups is 1. The summed E-state index contributed by atoms with van der Waals surface area (Å²) < 4.78 is 52.6. The molecule has 0 spiro atoms. The van der Waals surface area contributed by atoms with Gasteiger partial charge in [0.2, 0.25) is 17.7 Å². The number of β-amino-alcohol motifs (C(OH)–C–C–N with tert-alkyl or cyclic N) is 1. The topological polar surface area (TPSA) is 186 Å². The average Bonchev–Trinajstić information content (AvgIpc) is 3.99. The Balaban J connectivity index is 0.917. The minimum Gasteiger partial charge on any atom is -0.484 e. The molecule has 74 heavy (non-hydrogen) atoms. The fraction of sp³-hybridized carbons (Fsp3) is 0.291. The van der Waals surface area contributed by atoms with Crippen LogP contribution in [0.1, 0.15) is 63.4 Å². The molecule has 0 unspecified atom stereocenters. The standard InChI is InChI=1S/C55H54F3N7O7S2/c1-33-48(74-31-61-33)37-12-10-34(11-13-37)28-60-50(68)46-25-41(66)29-64(46)51(69)49(53(2,3)4)63-47(67)30-71-43-8-7-9-44(26-43)72-42-22-17-36(18-23-42)35-15-20-40(21-16-35)65(32-73)54(5,6)52(70)62-39-19-14-38(27-59)45(24-39)55(56,57)58/h7-24,26,31-32,41,46,49,66H,25,28-30H2,1-6H3,(H,60,68)(H,62,70)(H,63,67)/t41-,46+,49-/m1/s1. The quantitative estimate of drug-likeness (QED) is 0.0638.